The molecular formula is C18H27NO. The number of hydrogen-bond donors (Lipinski definition) is 1. The molecule has 1 heterocycles. The van der Waals surface area contributed by atoms with Crippen molar-refractivity contribution < 1.29 is 4.79 Å². The number of rotatable bonds is 4. The van der Waals surface area contributed by atoms with Crippen LogP contribution in [0.3, 0.4) is 0 Å². The topological polar surface area (TPSA) is 29.1 Å². The maximum atomic E-state index is 12.8. The molecule has 1 atom stereocenters. The van der Waals surface area contributed by atoms with E-state index in [1.165, 1.54) is 12.0 Å². The Labute approximate surface area is 123 Å². The van der Waals surface area contributed by atoms with Gasteiger partial charge in [0.25, 0.3) is 0 Å². The van der Waals surface area contributed by atoms with Gasteiger partial charge >= 0.3 is 0 Å². The SMILES string of the molecule is CC(C)c1ccc(C(=O)C(C)(C)C2CCCNC2)cc1. The summed E-state index contributed by atoms with van der Waals surface area (Å²) < 4.78 is 0. The molecule has 2 nitrogen and oxygen atoms in total. The van der Waals surface area contributed by atoms with Gasteiger partial charge in [0.1, 0.15) is 0 Å². The molecule has 0 spiro atoms. The average Bonchev–Trinajstić information content (AvgIpc) is 2.47. The van der Waals surface area contributed by atoms with Crippen LogP contribution < -0.4 is 5.32 Å². The first kappa shape index (κ1) is 15.2. The molecular weight excluding hydrogens is 246 g/mol. The fraction of sp³-hybridized carbons (Fsp3) is 0.611. The molecule has 2 heteroatoms. The van der Waals surface area contributed by atoms with Crippen LogP contribution in [0.2, 0.25) is 0 Å². The quantitative estimate of drug-likeness (QED) is 0.840. The smallest absolute Gasteiger partial charge is 0.168 e. The molecule has 1 aromatic rings. The van der Waals surface area contributed by atoms with E-state index < -0.39 is 0 Å². The van der Waals surface area contributed by atoms with Crippen molar-refractivity contribution >= 4 is 5.78 Å². The van der Waals surface area contributed by atoms with Crippen LogP contribution >= 0.6 is 0 Å². The first-order valence-corrected chi connectivity index (χ1v) is 7.78. The Hall–Kier alpha value is -1.15. The van der Waals surface area contributed by atoms with Crippen molar-refractivity contribution in [1.82, 2.24) is 5.32 Å². The minimum Gasteiger partial charge on any atom is -0.316 e. The molecule has 0 aromatic heterocycles. The number of Topliss-reactive ketones (excluding diaryl/α,β-unsaturated/α-hetero) is 1. The zero-order chi connectivity index (χ0) is 14.8. The Morgan fingerprint density at radius 3 is 2.40 bits per heavy atom. The maximum Gasteiger partial charge on any atom is 0.168 e. The fourth-order valence-electron chi connectivity index (χ4n) is 3.04. The molecule has 1 N–H and O–H groups in total. The zero-order valence-electron chi connectivity index (χ0n) is 13.2. The molecule has 0 amide bonds. The van der Waals surface area contributed by atoms with E-state index in [1.807, 2.05) is 12.1 Å². The van der Waals surface area contributed by atoms with Crippen LogP contribution in [0, 0.1) is 11.3 Å². The first-order valence-electron chi connectivity index (χ1n) is 7.78. The molecule has 1 unspecified atom stereocenters. The zero-order valence-corrected chi connectivity index (χ0v) is 13.2. The number of ketones is 1. The second-order valence-electron chi connectivity index (χ2n) is 6.87. The highest BCUT2D eigenvalue weighted by Gasteiger charge is 2.37. The van der Waals surface area contributed by atoms with Crippen molar-refractivity contribution in [2.24, 2.45) is 11.3 Å². The fourth-order valence-corrected chi connectivity index (χ4v) is 3.04. The highest BCUT2D eigenvalue weighted by Crippen LogP contribution is 2.35. The molecule has 0 aliphatic carbocycles. The second-order valence-corrected chi connectivity index (χ2v) is 6.87. The van der Waals surface area contributed by atoms with Crippen LogP contribution in [0.15, 0.2) is 24.3 Å². The van der Waals surface area contributed by atoms with E-state index in [2.05, 4.69) is 45.1 Å². The lowest BCUT2D eigenvalue weighted by Crippen LogP contribution is -2.42. The number of hydrogen-bond acceptors (Lipinski definition) is 2. The summed E-state index contributed by atoms with van der Waals surface area (Å²) in [7, 11) is 0. The van der Waals surface area contributed by atoms with E-state index in [9.17, 15) is 4.79 Å². The van der Waals surface area contributed by atoms with Crippen molar-refractivity contribution in [3.63, 3.8) is 0 Å². The van der Waals surface area contributed by atoms with Crippen LogP contribution in [0.1, 0.15) is 62.4 Å². The molecule has 0 saturated carbocycles. The van der Waals surface area contributed by atoms with Crippen molar-refractivity contribution in [2.75, 3.05) is 13.1 Å². The summed E-state index contributed by atoms with van der Waals surface area (Å²) in [5.41, 5.74) is 1.86. The number of benzene rings is 1. The lowest BCUT2D eigenvalue weighted by molar-refractivity contribution is 0.0708. The summed E-state index contributed by atoms with van der Waals surface area (Å²) in [4.78, 5) is 12.8. The largest absolute Gasteiger partial charge is 0.316 e. The summed E-state index contributed by atoms with van der Waals surface area (Å²) in [5.74, 6) is 1.23. The number of piperidine rings is 1. The average molecular weight is 273 g/mol. The van der Waals surface area contributed by atoms with E-state index in [0.29, 0.717) is 11.8 Å². The van der Waals surface area contributed by atoms with E-state index in [4.69, 9.17) is 0 Å². The second kappa shape index (κ2) is 6.09. The van der Waals surface area contributed by atoms with Crippen LogP contribution in [-0.4, -0.2) is 18.9 Å². The normalized spacial score (nSPS) is 20.1. The van der Waals surface area contributed by atoms with Gasteiger partial charge in [-0.3, -0.25) is 4.79 Å². The molecule has 1 aliphatic rings. The van der Waals surface area contributed by atoms with Gasteiger partial charge in [-0.2, -0.15) is 0 Å². The minimum absolute atomic E-state index is 0.279. The van der Waals surface area contributed by atoms with Crippen LogP contribution in [-0.2, 0) is 0 Å². The van der Waals surface area contributed by atoms with Gasteiger partial charge in [0, 0.05) is 11.0 Å². The summed E-state index contributed by atoms with van der Waals surface area (Å²) in [6, 6.07) is 8.17. The van der Waals surface area contributed by atoms with Gasteiger partial charge in [-0.1, -0.05) is 52.0 Å². The van der Waals surface area contributed by atoms with Crippen molar-refractivity contribution in [1.29, 1.82) is 0 Å². The highest BCUT2D eigenvalue weighted by molar-refractivity contribution is 6.00. The Bertz CT molecular complexity index is 453. The maximum absolute atomic E-state index is 12.8. The van der Waals surface area contributed by atoms with E-state index >= 15 is 0 Å². The monoisotopic (exact) mass is 273 g/mol. The van der Waals surface area contributed by atoms with Crippen LogP contribution in [0.4, 0.5) is 0 Å². The lowest BCUT2D eigenvalue weighted by Gasteiger charge is -2.36. The number of carbonyl (C=O) groups is 1. The Kier molecular flexibility index (Phi) is 4.64. The van der Waals surface area contributed by atoms with Gasteiger partial charge in [-0.25, -0.2) is 0 Å². The molecule has 1 saturated heterocycles. The molecule has 1 aliphatic heterocycles. The van der Waals surface area contributed by atoms with Gasteiger partial charge in [0.2, 0.25) is 0 Å². The van der Waals surface area contributed by atoms with E-state index in [0.717, 1.165) is 25.1 Å². The lowest BCUT2D eigenvalue weighted by atomic mass is 9.70. The van der Waals surface area contributed by atoms with Gasteiger partial charge in [0.05, 0.1) is 0 Å². The predicted molar refractivity (Wildman–Crippen MR) is 84.2 cm³/mol. The molecule has 2 rings (SSSR count). The molecule has 0 bridgehead atoms. The molecule has 20 heavy (non-hydrogen) atoms. The van der Waals surface area contributed by atoms with Crippen molar-refractivity contribution in [3.05, 3.63) is 35.4 Å². The molecule has 0 radical (unpaired) electrons. The summed E-state index contributed by atoms with van der Waals surface area (Å²) >= 11 is 0. The van der Waals surface area contributed by atoms with E-state index in [1.54, 1.807) is 0 Å². The molecule has 1 aromatic carbocycles. The van der Waals surface area contributed by atoms with Crippen LogP contribution in [0.25, 0.3) is 0 Å². The Morgan fingerprint density at radius 1 is 1.25 bits per heavy atom. The van der Waals surface area contributed by atoms with Crippen molar-refractivity contribution in [2.45, 2.75) is 46.5 Å². The predicted octanol–water partition coefficient (Wildman–Crippen LogP) is 4.02. The third-order valence-corrected chi connectivity index (χ3v) is 4.74. The van der Waals surface area contributed by atoms with Crippen LogP contribution in [0.5, 0.6) is 0 Å². The standard InChI is InChI=1S/C18H27NO/c1-13(2)14-7-9-15(10-8-14)17(20)18(3,4)16-6-5-11-19-12-16/h7-10,13,16,19H,5-6,11-12H2,1-4H3. The first-order chi connectivity index (χ1) is 9.43. The summed E-state index contributed by atoms with van der Waals surface area (Å²) in [6.45, 7) is 10.6. The van der Waals surface area contributed by atoms with Gasteiger partial charge in [-0.05, 0) is 43.3 Å². The Balaban J connectivity index is 2.16. The molecule has 110 valence electrons. The summed E-state index contributed by atoms with van der Waals surface area (Å²) in [5, 5.41) is 3.42. The Morgan fingerprint density at radius 2 is 1.90 bits per heavy atom. The van der Waals surface area contributed by atoms with Gasteiger partial charge < -0.3 is 5.32 Å². The highest BCUT2D eigenvalue weighted by atomic mass is 16.1. The third kappa shape index (κ3) is 3.12. The van der Waals surface area contributed by atoms with Gasteiger partial charge in [0.15, 0.2) is 5.78 Å². The minimum atomic E-state index is -0.285. The van der Waals surface area contributed by atoms with E-state index in [-0.39, 0.29) is 11.2 Å². The molecule has 1 fully saturated rings. The number of nitrogens with one attached hydrogen (secondary N) is 1. The van der Waals surface area contributed by atoms with Gasteiger partial charge in [-0.15, -0.1) is 0 Å². The summed E-state index contributed by atoms with van der Waals surface area (Å²) in [6.07, 6.45) is 2.32. The number of carbonyl (C=O) groups excluding carboxylic acids is 1. The van der Waals surface area contributed by atoms with Crippen molar-refractivity contribution in [3.8, 4) is 0 Å². The third-order valence-electron chi connectivity index (χ3n) is 4.74.